The minimum absolute atomic E-state index is 0.626. The number of hydrogen-bond donors (Lipinski definition) is 1. The van der Waals surface area contributed by atoms with E-state index in [1.54, 1.807) is 11.3 Å². The Labute approximate surface area is 128 Å². The van der Waals surface area contributed by atoms with Gasteiger partial charge < -0.3 is 10.5 Å². The summed E-state index contributed by atoms with van der Waals surface area (Å²) in [4.78, 5) is 4.72. The van der Waals surface area contributed by atoms with Gasteiger partial charge in [0.05, 0.1) is 22.9 Å². The van der Waals surface area contributed by atoms with Crippen molar-refractivity contribution >= 4 is 22.1 Å². The van der Waals surface area contributed by atoms with E-state index in [1.807, 2.05) is 19.1 Å². The standard InChI is InChI=1S/C17H18N2OS/c1-2-20-15-8-7-12-5-3-4-6-13(12)17(15)14-11-21-16(19-14)9-10-18/h3-8,11H,2,9-10,18H2,1H3. The Hall–Kier alpha value is -1.91. The van der Waals surface area contributed by atoms with Crippen LogP contribution in [-0.4, -0.2) is 18.1 Å². The van der Waals surface area contributed by atoms with Gasteiger partial charge in [0.1, 0.15) is 5.75 Å². The zero-order valence-electron chi connectivity index (χ0n) is 12.0. The van der Waals surface area contributed by atoms with Gasteiger partial charge in [0, 0.05) is 11.8 Å². The number of aromatic nitrogens is 1. The van der Waals surface area contributed by atoms with Crippen LogP contribution in [0.4, 0.5) is 0 Å². The molecule has 2 N–H and O–H groups in total. The van der Waals surface area contributed by atoms with Crippen molar-refractivity contribution in [1.82, 2.24) is 4.98 Å². The maximum atomic E-state index is 5.81. The second-order valence-corrected chi connectivity index (χ2v) is 5.70. The highest BCUT2D eigenvalue weighted by Gasteiger charge is 2.14. The summed E-state index contributed by atoms with van der Waals surface area (Å²) in [5.41, 5.74) is 7.67. The fourth-order valence-electron chi connectivity index (χ4n) is 2.46. The summed E-state index contributed by atoms with van der Waals surface area (Å²) in [5, 5.41) is 5.54. The topological polar surface area (TPSA) is 48.1 Å². The molecule has 0 fully saturated rings. The van der Waals surface area contributed by atoms with Gasteiger partial charge in [-0.1, -0.05) is 30.3 Å². The van der Waals surface area contributed by atoms with Gasteiger partial charge in [-0.2, -0.15) is 0 Å². The molecule has 21 heavy (non-hydrogen) atoms. The number of benzene rings is 2. The Morgan fingerprint density at radius 2 is 2.05 bits per heavy atom. The molecule has 0 saturated carbocycles. The fourth-order valence-corrected chi connectivity index (χ4v) is 3.26. The molecule has 108 valence electrons. The van der Waals surface area contributed by atoms with Gasteiger partial charge >= 0.3 is 0 Å². The largest absolute Gasteiger partial charge is 0.493 e. The van der Waals surface area contributed by atoms with Crippen LogP contribution in [0.3, 0.4) is 0 Å². The van der Waals surface area contributed by atoms with E-state index in [0.29, 0.717) is 13.2 Å². The molecule has 0 atom stereocenters. The zero-order chi connectivity index (χ0) is 14.7. The lowest BCUT2D eigenvalue weighted by Gasteiger charge is -2.11. The fraction of sp³-hybridized carbons (Fsp3) is 0.235. The van der Waals surface area contributed by atoms with E-state index in [4.69, 9.17) is 15.5 Å². The first-order chi connectivity index (χ1) is 10.3. The van der Waals surface area contributed by atoms with Crippen molar-refractivity contribution in [3.63, 3.8) is 0 Å². The molecule has 0 aliphatic carbocycles. The summed E-state index contributed by atoms with van der Waals surface area (Å²) in [6.07, 6.45) is 0.819. The molecule has 0 amide bonds. The minimum Gasteiger partial charge on any atom is -0.493 e. The van der Waals surface area contributed by atoms with Crippen LogP contribution in [0.1, 0.15) is 11.9 Å². The van der Waals surface area contributed by atoms with Crippen molar-refractivity contribution in [2.24, 2.45) is 5.73 Å². The van der Waals surface area contributed by atoms with E-state index < -0.39 is 0 Å². The number of nitrogens with zero attached hydrogens (tertiary/aromatic N) is 1. The second-order valence-electron chi connectivity index (χ2n) is 4.76. The number of nitrogens with two attached hydrogens (primary N) is 1. The molecule has 0 radical (unpaired) electrons. The Balaban J connectivity index is 2.19. The Morgan fingerprint density at radius 3 is 2.86 bits per heavy atom. The van der Waals surface area contributed by atoms with E-state index in [2.05, 4.69) is 29.6 Å². The first-order valence-electron chi connectivity index (χ1n) is 7.13. The highest BCUT2D eigenvalue weighted by atomic mass is 32.1. The van der Waals surface area contributed by atoms with Gasteiger partial charge in [-0.15, -0.1) is 11.3 Å². The number of ether oxygens (including phenoxy) is 1. The van der Waals surface area contributed by atoms with Crippen LogP contribution in [0.15, 0.2) is 41.8 Å². The summed E-state index contributed by atoms with van der Waals surface area (Å²) in [6.45, 7) is 3.27. The van der Waals surface area contributed by atoms with E-state index in [-0.39, 0.29) is 0 Å². The molecule has 0 spiro atoms. The summed E-state index contributed by atoms with van der Waals surface area (Å²) in [5.74, 6) is 0.890. The van der Waals surface area contributed by atoms with Gasteiger partial charge in [0.15, 0.2) is 0 Å². The lowest BCUT2D eigenvalue weighted by molar-refractivity contribution is 0.342. The van der Waals surface area contributed by atoms with E-state index >= 15 is 0 Å². The maximum absolute atomic E-state index is 5.81. The molecule has 1 heterocycles. The average molecular weight is 298 g/mol. The molecule has 3 nitrogen and oxygen atoms in total. The highest BCUT2D eigenvalue weighted by Crippen LogP contribution is 2.37. The third-order valence-electron chi connectivity index (χ3n) is 3.36. The maximum Gasteiger partial charge on any atom is 0.129 e. The average Bonchev–Trinajstić information content (AvgIpc) is 2.96. The van der Waals surface area contributed by atoms with Crippen molar-refractivity contribution in [1.29, 1.82) is 0 Å². The molecule has 0 bridgehead atoms. The summed E-state index contributed by atoms with van der Waals surface area (Å²) in [6, 6.07) is 12.5. The van der Waals surface area contributed by atoms with Crippen molar-refractivity contribution in [3.05, 3.63) is 46.8 Å². The normalized spacial score (nSPS) is 11.0. The van der Waals surface area contributed by atoms with E-state index in [0.717, 1.165) is 28.4 Å². The zero-order valence-corrected chi connectivity index (χ0v) is 12.8. The smallest absolute Gasteiger partial charge is 0.129 e. The van der Waals surface area contributed by atoms with Crippen LogP contribution in [0.25, 0.3) is 22.0 Å². The molecule has 1 aromatic heterocycles. The molecular formula is C17H18N2OS. The van der Waals surface area contributed by atoms with Gasteiger partial charge in [0.25, 0.3) is 0 Å². The Kier molecular flexibility index (Phi) is 4.18. The second kappa shape index (κ2) is 6.24. The molecular weight excluding hydrogens is 280 g/mol. The summed E-state index contributed by atoms with van der Waals surface area (Å²) >= 11 is 1.66. The quantitative estimate of drug-likeness (QED) is 0.778. The van der Waals surface area contributed by atoms with Crippen LogP contribution in [0.5, 0.6) is 5.75 Å². The van der Waals surface area contributed by atoms with Crippen LogP contribution in [0, 0.1) is 0 Å². The SMILES string of the molecule is CCOc1ccc2ccccc2c1-c1csc(CCN)n1. The Bertz CT molecular complexity index is 751. The van der Waals surface area contributed by atoms with E-state index in [1.165, 1.54) is 10.8 Å². The Morgan fingerprint density at radius 1 is 1.19 bits per heavy atom. The van der Waals surface area contributed by atoms with Gasteiger partial charge in [0.2, 0.25) is 0 Å². The van der Waals surface area contributed by atoms with Gasteiger partial charge in [-0.25, -0.2) is 4.98 Å². The van der Waals surface area contributed by atoms with Crippen molar-refractivity contribution in [2.45, 2.75) is 13.3 Å². The molecule has 0 aliphatic rings. The number of rotatable bonds is 5. The van der Waals surface area contributed by atoms with Crippen LogP contribution >= 0.6 is 11.3 Å². The van der Waals surface area contributed by atoms with Crippen LogP contribution in [0.2, 0.25) is 0 Å². The summed E-state index contributed by atoms with van der Waals surface area (Å²) < 4.78 is 5.81. The lowest BCUT2D eigenvalue weighted by Crippen LogP contribution is -2.02. The van der Waals surface area contributed by atoms with Crippen LogP contribution < -0.4 is 10.5 Å². The summed E-state index contributed by atoms with van der Waals surface area (Å²) in [7, 11) is 0. The van der Waals surface area contributed by atoms with Crippen molar-refractivity contribution in [3.8, 4) is 17.0 Å². The molecule has 0 saturated heterocycles. The number of fused-ring (bicyclic) bond motifs is 1. The molecule has 3 aromatic rings. The van der Waals surface area contributed by atoms with Gasteiger partial charge in [-0.05, 0) is 30.3 Å². The first kappa shape index (κ1) is 14.0. The predicted octanol–water partition coefficient (Wildman–Crippen LogP) is 3.86. The molecule has 2 aromatic carbocycles. The van der Waals surface area contributed by atoms with Gasteiger partial charge in [-0.3, -0.25) is 0 Å². The van der Waals surface area contributed by atoms with Crippen molar-refractivity contribution in [2.75, 3.05) is 13.2 Å². The van der Waals surface area contributed by atoms with Crippen LogP contribution in [-0.2, 0) is 6.42 Å². The predicted molar refractivity (Wildman–Crippen MR) is 89.0 cm³/mol. The third-order valence-corrected chi connectivity index (χ3v) is 4.27. The van der Waals surface area contributed by atoms with Crippen molar-refractivity contribution < 1.29 is 4.74 Å². The monoisotopic (exact) mass is 298 g/mol. The molecule has 0 aliphatic heterocycles. The molecule has 4 heteroatoms. The highest BCUT2D eigenvalue weighted by molar-refractivity contribution is 7.10. The number of thiazole rings is 1. The lowest BCUT2D eigenvalue weighted by atomic mass is 10.0. The third kappa shape index (κ3) is 2.77. The molecule has 0 unspecified atom stereocenters. The first-order valence-corrected chi connectivity index (χ1v) is 8.01. The minimum atomic E-state index is 0.626. The van der Waals surface area contributed by atoms with E-state index in [9.17, 15) is 0 Å². The molecule has 3 rings (SSSR count). The number of hydrogen-bond acceptors (Lipinski definition) is 4.